The molecule has 14 heavy (non-hydrogen) atoms. The highest BCUT2D eigenvalue weighted by molar-refractivity contribution is 6.29. The Kier molecular flexibility index (Phi) is 4.45. The number of furan rings is 1. The molecule has 1 aromatic rings. The lowest BCUT2D eigenvalue weighted by atomic mass is 10.0. The Morgan fingerprint density at radius 3 is 2.71 bits per heavy atom. The number of rotatable bonds is 5. The molecule has 0 aliphatic carbocycles. The van der Waals surface area contributed by atoms with E-state index in [2.05, 4.69) is 19.2 Å². The van der Waals surface area contributed by atoms with E-state index in [9.17, 15) is 0 Å². The lowest BCUT2D eigenvalue weighted by Gasteiger charge is -2.20. The minimum absolute atomic E-state index is 0.320. The summed E-state index contributed by atoms with van der Waals surface area (Å²) in [6, 6.07) is 2.18. The quantitative estimate of drug-likeness (QED) is 0.792. The van der Waals surface area contributed by atoms with E-state index in [0.29, 0.717) is 30.3 Å². The van der Waals surface area contributed by atoms with Gasteiger partial charge in [-0.3, -0.25) is 0 Å². The highest BCUT2D eigenvalue weighted by atomic mass is 35.5. The number of hydrogen-bond donors (Lipinski definition) is 2. The first-order valence-corrected chi connectivity index (χ1v) is 5.18. The highest BCUT2D eigenvalue weighted by Gasteiger charge is 2.11. The molecule has 1 rings (SSSR count). The Bertz CT molecular complexity index is 273. The van der Waals surface area contributed by atoms with Crippen LogP contribution in [0, 0.1) is 5.92 Å². The molecule has 0 saturated heterocycles. The number of nitrogens with one attached hydrogen (secondary N) is 1. The van der Waals surface area contributed by atoms with Crippen LogP contribution in [0.5, 0.6) is 0 Å². The van der Waals surface area contributed by atoms with Gasteiger partial charge in [0, 0.05) is 24.7 Å². The van der Waals surface area contributed by atoms with Crippen molar-refractivity contribution in [3.63, 3.8) is 0 Å². The molecule has 80 valence electrons. The molecule has 1 aromatic heterocycles. The molecule has 0 radical (unpaired) electrons. The molecule has 0 aromatic carbocycles. The average Bonchev–Trinajstić information content (AvgIpc) is 2.52. The Morgan fingerprint density at radius 2 is 2.29 bits per heavy atom. The Hall–Kier alpha value is -0.510. The Morgan fingerprint density at radius 1 is 1.57 bits per heavy atom. The summed E-state index contributed by atoms with van der Waals surface area (Å²) in [4.78, 5) is 0. The van der Waals surface area contributed by atoms with Gasteiger partial charge in [-0.1, -0.05) is 13.8 Å². The molecule has 3 N–H and O–H groups in total. The summed E-state index contributed by atoms with van der Waals surface area (Å²) in [6.45, 7) is 5.62. The van der Waals surface area contributed by atoms with Gasteiger partial charge in [-0.15, -0.1) is 0 Å². The van der Waals surface area contributed by atoms with Crippen molar-refractivity contribution >= 4 is 11.6 Å². The van der Waals surface area contributed by atoms with Crippen LogP contribution in [-0.4, -0.2) is 12.6 Å². The minimum Gasteiger partial charge on any atom is -0.453 e. The summed E-state index contributed by atoms with van der Waals surface area (Å²) in [5, 5.41) is 3.80. The number of nitrogens with two attached hydrogens (primary N) is 1. The minimum atomic E-state index is 0.320. The lowest BCUT2D eigenvalue weighted by Crippen LogP contribution is -2.39. The third-order valence-corrected chi connectivity index (χ3v) is 2.64. The monoisotopic (exact) mass is 216 g/mol. The van der Waals surface area contributed by atoms with Gasteiger partial charge in [0.25, 0.3) is 0 Å². The van der Waals surface area contributed by atoms with Crippen molar-refractivity contribution < 1.29 is 4.42 Å². The first-order valence-electron chi connectivity index (χ1n) is 4.80. The zero-order valence-electron chi connectivity index (χ0n) is 8.59. The van der Waals surface area contributed by atoms with Gasteiger partial charge in [0.1, 0.15) is 0 Å². The maximum atomic E-state index is 5.81. The van der Waals surface area contributed by atoms with Gasteiger partial charge in [-0.2, -0.15) is 0 Å². The largest absolute Gasteiger partial charge is 0.453 e. The SMILES string of the molecule is CC(C)C(CN)NCc1ccoc1Cl. The first kappa shape index (κ1) is 11.6. The fourth-order valence-electron chi connectivity index (χ4n) is 1.28. The fourth-order valence-corrected chi connectivity index (χ4v) is 1.46. The van der Waals surface area contributed by atoms with E-state index in [1.807, 2.05) is 6.07 Å². The second kappa shape index (κ2) is 5.39. The van der Waals surface area contributed by atoms with Crippen molar-refractivity contribution in [3.05, 3.63) is 23.1 Å². The molecule has 0 amide bonds. The van der Waals surface area contributed by atoms with Crippen LogP contribution in [0.4, 0.5) is 0 Å². The maximum Gasteiger partial charge on any atom is 0.197 e. The summed E-state index contributed by atoms with van der Waals surface area (Å²) in [6.07, 6.45) is 1.59. The van der Waals surface area contributed by atoms with Crippen molar-refractivity contribution in [2.75, 3.05) is 6.54 Å². The van der Waals surface area contributed by atoms with E-state index in [1.165, 1.54) is 0 Å². The molecule has 0 bridgehead atoms. The smallest absolute Gasteiger partial charge is 0.197 e. The fraction of sp³-hybridized carbons (Fsp3) is 0.600. The van der Waals surface area contributed by atoms with Gasteiger partial charge in [0.2, 0.25) is 0 Å². The topological polar surface area (TPSA) is 51.2 Å². The third-order valence-electron chi connectivity index (χ3n) is 2.31. The van der Waals surface area contributed by atoms with Crippen LogP contribution < -0.4 is 11.1 Å². The van der Waals surface area contributed by atoms with Gasteiger partial charge in [0.05, 0.1) is 6.26 Å². The van der Waals surface area contributed by atoms with E-state index in [0.717, 1.165) is 5.56 Å². The number of halogens is 1. The van der Waals surface area contributed by atoms with Crippen molar-refractivity contribution in [2.24, 2.45) is 11.7 Å². The van der Waals surface area contributed by atoms with Crippen LogP contribution in [0.2, 0.25) is 5.22 Å². The van der Waals surface area contributed by atoms with Gasteiger partial charge in [-0.05, 0) is 23.6 Å². The van der Waals surface area contributed by atoms with Crippen LogP contribution in [0.3, 0.4) is 0 Å². The lowest BCUT2D eigenvalue weighted by molar-refractivity contribution is 0.404. The molecule has 0 spiro atoms. The molecule has 1 atom stereocenters. The summed E-state index contributed by atoms with van der Waals surface area (Å²) in [5.74, 6) is 0.519. The van der Waals surface area contributed by atoms with Crippen LogP contribution in [0.1, 0.15) is 19.4 Å². The normalized spacial score (nSPS) is 13.5. The highest BCUT2D eigenvalue weighted by Crippen LogP contribution is 2.16. The van der Waals surface area contributed by atoms with Crippen LogP contribution in [-0.2, 0) is 6.54 Å². The molecule has 0 aliphatic heterocycles. The second-order valence-electron chi connectivity index (χ2n) is 3.69. The molecule has 3 nitrogen and oxygen atoms in total. The summed E-state index contributed by atoms with van der Waals surface area (Å²) < 4.78 is 4.99. The summed E-state index contributed by atoms with van der Waals surface area (Å²) in [7, 11) is 0. The van der Waals surface area contributed by atoms with Crippen LogP contribution in [0.25, 0.3) is 0 Å². The van der Waals surface area contributed by atoms with E-state index >= 15 is 0 Å². The molecular weight excluding hydrogens is 200 g/mol. The van der Waals surface area contributed by atoms with Crippen molar-refractivity contribution in [1.29, 1.82) is 0 Å². The molecular formula is C10H17ClN2O. The predicted molar refractivity (Wildman–Crippen MR) is 58.2 cm³/mol. The van der Waals surface area contributed by atoms with Crippen LogP contribution in [0.15, 0.2) is 16.7 Å². The van der Waals surface area contributed by atoms with Crippen molar-refractivity contribution in [3.8, 4) is 0 Å². The van der Waals surface area contributed by atoms with Crippen LogP contribution >= 0.6 is 11.6 Å². The van der Waals surface area contributed by atoms with Gasteiger partial charge in [0.15, 0.2) is 5.22 Å². The molecule has 1 heterocycles. The van der Waals surface area contributed by atoms with E-state index in [4.69, 9.17) is 21.8 Å². The van der Waals surface area contributed by atoms with Gasteiger partial charge >= 0.3 is 0 Å². The van der Waals surface area contributed by atoms with E-state index < -0.39 is 0 Å². The maximum absolute atomic E-state index is 5.81. The zero-order valence-corrected chi connectivity index (χ0v) is 9.34. The first-order chi connectivity index (χ1) is 6.65. The van der Waals surface area contributed by atoms with E-state index in [1.54, 1.807) is 6.26 Å². The van der Waals surface area contributed by atoms with Gasteiger partial charge in [-0.25, -0.2) is 0 Å². The number of hydrogen-bond acceptors (Lipinski definition) is 3. The molecule has 0 saturated carbocycles. The standard InChI is InChI=1S/C10H17ClN2O/c1-7(2)9(5-12)13-6-8-3-4-14-10(8)11/h3-4,7,9,13H,5-6,12H2,1-2H3. The predicted octanol–water partition coefficient (Wildman–Crippen LogP) is 2.01. The van der Waals surface area contributed by atoms with Crippen molar-refractivity contribution in [1.82, 2.24) is 5.32 Å². The van der Waals surface area contributed by atoms with Gasteiger partial charge < -0.3 is 15.5 Å². The zero-order chi connectivity index (χ0) is 10.6. The van der Waals surface area contributed by atoms with Crippen molar-refractivity contribution in [2.45, 2.75) is 26.4 Å². The Balaban J connectivity index is 2.43. The summed E-state index contributed by atoms with van der Waals surface area (Å²) >= 11 is 5.81. The average molecular weight is 217 g/mol. The molecule has 4 heteroatoms. The molecule has 0 aliphatic rings. The summed E-state index contributed by atoms with van der Waals surface area (Å²) in [5.41, 5.74) is 6.61. The van der Waals surface area contributed by atoms with E-state index in [-0.39, 0.29) is 0 Å². The molecule has 0 fully saturated rings. The third kappa shape index (κ3) is 3.01. The second-order valence-corrected chi connectivity index (χ2v) is 4.03. The molecule has 1 unspecified atom stereocenters. The Labute approximate surface area is 89.6 Å².